The van der Waals surface area contributed by atoms with Crippen molar-refractivity contribution in [3.05, 3.63) is 30.3 Å². The summed E-state index contributed by atoms with van der Waals surface area (Å²) in [5.41, 5.74) is 0. The number of hydrogen-bond acceptors (Lipinski definition) is 2. The van der Waals surface area contributed by atoms with Gasteiger partial charge in [-0.15, -0.1) is 0 Å². The van der Waals surface area contributed by atoms with E-state index in [9.17, 15) is 0 Å². The number of carboxylic acid groups (broad SMARTS) is 1. The fraction of sp³-hybridized carbons (Fsp3) is 0.300. The summed E-state index contributed by atoms with van der Waals surface area (Å²) < 4.78 is 0. The van der Waals surface area contributed by atoms with Crippen molar-refractivity contribution in [2.75, 3.05) is 0 Å². The first kappa shape index (κ1) is 11.9. The van der Waals surface area contributed by atoms with Gasteiger partial charge in [-0.25, -0.2) is 0 Å². The molecule has 2 nitrogen and oxygen atoms in total. The van der Waals surface area contributed by atoms with Gasteiger partial charge in [0.15, 0.2) is 0 Å². The first-order valence-corrected chi connectivity index (χ1v) is 6.57. The second-order valence-corrected chi connectivity index (χ2v) is 5.43. The highest BCUT2D eigenvalue weighted by Gasteiger charge is 2.12. The molecule has 0 amide bonds. The molecule has 3 heteroatoms. The van der Waals surface area contributed by atoms with Gasteiger partial charge in [-0.1, -0.05) is 18.2 Å². The summed E-state index contributed by atoms with van der Waals surface area (Å²) in [6.07, 6.45) is 0. The van der Waals surface area contributed by atoms with Crippen LogP contribution < -0.4 is 10.3 Å². The summed E-state index contributed by atoms with van der Waals surface area (Å²) in [5, 5.41) is 10.4. The summed E-state index contributed by atoms with van der Waals surface area (Å²) in [5.74, 6) is -1.08. The third-order valence-corrected chi connectivity index (χ3v) is 2.84. The van der Waals surface area contributed by atoms with Crippen LogP contribution in [-0.4, -0.2) is 14.8 Å². The molecule has 0 heterocycles. The summed E-state index contributed by atoms with van der Waals surface area (Å²) in [7, 11) is -0.212. The predicted molar refractivity (Wildman–Crippen MR) is 54.2 cm³/mol. The van der Waals surface area contributed by atoms with Crippen molar-refractivity contribution < 1.29 is 9.90 Å². The summed E-state index contributed by atoms with van der Waals surface area (Å²) in [6, 6.07) is 10.7. The van der Waals surface area contributed by atoms with Gasteiger partial charge in [-0.2, -0.15) is 0 Å². The van der Waals surface area contributed by atoms with Crippen molar-refractivity contribution in [2.24, 2.45) is 0 Å². The molecule has 0 N–H and O–H groups in total. The van der Waals surface area contributed by atoms with E-state index in [4.69, 9.17) is 9.90 Å². The minimum Gasteiger partial charge on any atom is -0.550 e. The van der Waals surface area contributed by atoms with Crippen LogP contribution in [0.15, 0.2) is 30.3 Å². The van der Waals surface area contributed by atoms with Crippen LogP contribution in [0.1, 0.15) is 6.92 Å². The monoisotopic (exact) mass is 194 g/mol. The Morgan fingerprint density at radius 2 is 1.62 bits per heavy atom. The number of hydrogen-bond donors (Lipinski definition) is 0. The van der Waals surface area contributed by atoms with Crippen LogP contribution in [0.5, 0.6) is 0 Å². The van der Waals surface area contributed by atoms with Crippen LogP contribution in [0.3, 0.4) is 0 Å². The molecule has 1 aromatic carbocycles. The van der Waals surface area contributed by atoms with Gasteiger partial charge in [-0.3, -0.25) is 0 Å². The minimum atomic E-state index is -1.08. The number of rotatable bonds is 1. The lowest BCUT2D eigenvalue weighted by Crippen LogP contribution is -2.21. The normalized spacial score (nSPS) is 8.23. The highest BCUT2D eigenvalue weighted by atomic mass is 28.3. The zero-order valence-electron chi connectivity index (χ0n) is 8.20. The molecule has 70 valence electrons. The number of carboxylic acids is 1. The van der Waals surface area contributed by atoms with Crippen LogP contribution in [0.2, 0.25) is 13.1 Å². The molecule has 0 aliphatic rings. The largest absolute Gasteiger partial charge is 0.550 e. The molecule has 0 aromatic heterocycles. The van der Waals surface area contributed by atoms with E-state index in [0.29, 0.717) is 0 Å². The quantitative estimate of drug-likeness (QED) is 0.607. The minimum absolute atomic E-state index is 0.212. The van der Waals surface area contributed by atoms with Gasteiger partial charge in [0.2, 0.25) is 0 Å². The second kappa shape index (κ2) is 6.43. The molecule has 0 aliphatic heterocycles. The highest BCUT2D eigenvalue weighted by Crippen LogP contribution is 1.85. The smallest absolute Gasteiger partial charge is 0.345 e. The van der Waals surface area contributed by atoms with E-state index in [1.807, 2.05) is 0 Å². The number of carbonyl (C=O) groups is 1. The van der Waals surface area contributed by atoms with E-state index in [0.717, 1.165) is 6.92 Å². The average Bonchev–Trinajstić information content (AvgIpc) is 2.05. The van der Waals surface area contributed by atoms with Crippen molar-refractivity contribution in [1.82, 2.24) is 0 Å². The van der Waals surface area contributed by atoms with Crippen molar-refractivity contribution in [3.8, 4) is 0 Å². The Morgan fingerprint density at radius 3 is 1.85 bits per heavy atom. The van der Waals surface area contributed by atoms with E-state index in [1.54, 1.807) is 0 Å². The molecule has 0 unspecified atom stereocenters. The maximum Gasteiger partial charge on any atom is 0.345 e. The fourth-order valence-electron chi connectivity index (χ4n) is 0.771. The Kier molecular flexibility index (Phi) is 5.89. The molecule has 0 atom stereocenters. The zero-order valence-corrected chi connectivity index (χ0v) is 9.20. The molecule has 0 fully saturated rings. The van der Waals surface area contributed by atoms with E-state index in [-0.39, 0.29) is 8.80 Å². The number of aliphatic carboxylic acids is 1. The summed E-state index contributed by atoms with van der Waals surface area (Å²) in [6.45, 7) is 5.58. The molecule has 0 bridgehead atoms. The standard InChI is InChI=1S/C8H11Si.C2H4O2/c1-9(2)8-6-4-3-5-7-8;1-2(3)4/h3-7H,1-2H3;1H3,(H,3,4)/q+1;/p-1. The molecule has 13 heavy (non-hydrogen) atoms. The lowest BCUT2D eigenvalue weighted by atomic mass is 10.4. The first-order chi connectivity index (χ1) is 6.04. The third-order valence-electron chi connectivity index (χ3n) is 1.35. The van der Waals surface area contributed by atoms with Crippen LogP contribution >= 0.6 is 0 Å². The van der Waals surface area contributed by atoms with E-state index in [1.165, 1.54) is 5.19 Å². The van der Waals surface area contributed by atoms with Gasteiger partial charge < -0.3 is 9.90 Å². The second-order valence-electron chi connectivity index (χ2n) is 2.86. The first-order valence-electron chi connectivity index (χ1n) is 4.07. The van der Waals surface area contributed by atoms with Gasteiger partial charge in [-0.05, 0) is 19.1 Å². The van der Waals surface area contributed by atoms with Gasteiger partial charge in [0.05, 0.1) is 18.3 Å². The van der Waals surface area contributed by atoms with Gasteiger partial charge in [0.1, 0.15) is 0 Å². The molecule has 0 radical (unpaired) electrons. The SMILES string of the molecule is CC(=O)[O-].C[Si+](C)c1ccccc1. The summed E-state index contributed by atoms with van der Waals surface area (Å²) in [4.78, 5) is 8.89. The highest BCUT2D eigenvalue weighted by molar-refractivity contribution is 6.70. The van der Waals surface area contributed by atoms with Crippen molar-refractivity contribution in [1.29, 1.82) is 0 Å². The maximum absolute atomic E-state index is 8.89. The third kappa shape index (κ3) is 7.27. The number of carbonyl (C=O) groups excluding carboxylic acids is 1. The average molecular weight is 194 g/mol. The van der Waals surface area contributed by atoms with Gasteiger partial charge >= 0.3 is 8.80 Å². The maximum atomic E-state index is 8.89. The van der Waals surface area contributed by atoms with E-state index in [2.05, 4.69) is 43.4 Å². The Balaban J connectivity index is 0.000000310. The van der Waals surface area contributed by atoms with Crippen molar-refractivity contribution in [2.45, 2.75) is 20.0 Å². The molecular formula is C10H14O2Si. The zero-order chi connectivity index (χ0) is 10.3. The molecular weight excluding hydrogens is 180 g/mol. The summed E-state index contributed by atoms with van der Waals surface area (Å²) >= 11 is 0. The topological polar surface area (TPSA) is 40.1 Å². The lowest BCUT2D eigenvalue weighted by molar-refractivity contribution is -0.302. The molecule has 1 aromatic rings. The van der Waals surface area contributed by atoms with Gasteiger partial charge in [0.25, 0.3) is 0 Å². The lowest BCUT2D eigenvalue weighted by Gasteiger charge is -1.86. The van der Waals surface area contributed by atoms with Crippen LogP contribution in [0.25, 0.3) is 0 Å². The van der Waals surface area contributed by atoms with Crippen LogP contribution in [-0.2, 0) is 4.79 Å². The van der Waals surface area contributed by atoms with Crippen LogP contribution in [0.4, 0.5) is 0 Å². The van der Waals surface area contributed by atoms with Crippen molar-refractivity contribution >= 4 is 20.0 Å². The van der Waals surface area contributed by atoms with E-state index < -0.39 is 5.97 Å². The Labute approximate surface area is 80.8 Å². The Bertz CT molecular complexity index is 240. The molecule has 0 saturated carbocycles. The van der Waals surface area contributed by atoms with Crippen LogP contribution in [0, 0.1) is 0 Å². The molecule has 0 saturated heterocycles. The van der Waals surface area contributed by atoms with E-state index >= 15 is 0 Å². The molecule has 0 spiro atoms. The van der Waals surface area contributed by atoms with Crippen molar-refractivity contribution in [3.63, 3.8) is 0 Å². The predicted octanol–water partition coefficient (Wildman–Crippen LogP) is 0.404. The molecule has 0 aliphatic carbocycles. The Hall–Kier alpha value is -1.09. The fourth-order valence-corrected chi connectivity index (χ4v) is 1.63. The molecule has 1 rings (SSSR count). The van der Waals surface area contributed by atoms with Gasteiger partial charge in [0, 0.05) is 5.97 Å². The Morgan fingerprint density at radius 1 is 1.23 bits per heavy atom. The number of benzene rings is 1.